The molecule has 6 atom stereocenters. The zero-order chi connectivity index (χ0) is 22.4. The van der Waals surface area contributed by atoms with Crippen molar-refractivity contribution in [2.45, 2.75) is 110 Å². The van der Waals surface area contributed by atoms with Gasteiger partial charge in [0.05, 0.1) is 0 Å². The number of unbranched alkanes of at least 4 members (excludes halogenated alkanes) is 2. The average molecular weight is 429 g/mol. The van der Waals surface area contributed by atoms with Gasteiger partial charge in [-0.05, 0) is 87.5 Å². The molecule has 0 bridgehead atoms. The molecule has 3 saturated carbocycles. The van der Waals surface area contributed by atoms with Gasteiger partial charge in [-0.1, -0.05) is 39.2 Å². The van der Waals surface area contributed by atoms with Crippen molar-refractivity contribution < 1.29 is 19.1 Å². The van der Waals surface area contributed by atoms with E-state index in [2.05, 4.69) is 20.8 Å². The second-order valence-electron chi connectivity index (χ2n) is 11.3. The number of ether oxygens (including phenoxy) is 1. The highest BCUT2D eigenvalue weighted by Crippen LogP contribution is 2.68. The van der Waals surface area contributed by atoms with Gasteiger partial charge in [-0.3, -0.25) is 14.4 Å². The lowest BCUT2D eigenvalue weighted by atomic mass is 9.46. The van der Waals surface area contributed by atoms with Gasteiger partial charge < -0.3 is 4.74 Å². The van der Waals surface area contributed by atoms with Gasteiger partial charge in [-0.2, -0.15) is 0 Å². The molecular formula is C27H40O4. The minimum absolute atomic E-state index is 0.0330. The van der Waals surface area contributed by atoms with Crippen LogP contribution < -0.4 is 0 Å². The Hall–Kier alpha value is -1.45. The average Bonchev–Trinajstić information content (AvgIpc) is 3.02. The van der Waals surface area contributed by atoms with Gasteiger partial charge in [-0.25, -0.2) is 0 Å². The SMILES string of the molecule is CCCCCC(=O)O[C@]1(C(C)=O)CC[C@@H]2[C@H]3CCC4=CC(=O)CC[C@]4(C)[C@H]3CC[C@@]21C. The summed E-state index contributed by atoms with van der Waals surface area (Å²) in [6.07, 6.45) is 12.6. The van der Waals surface area contributed by atoms with Crippen LogP contribution in [0.2, 0.25) is 0 Å². The predicted octanol–water partition coefficient (Wildman–Crippen LogP) is 5.97. The fraction of sp³-hybridized carbons (Fsp3) is 0.815. The number of hydrogen-bond acceptors (Lipinski definition) is 4. The van der Waals surface area contributed by atoms with E-state index in [1.807, 2.05) is 6.08 Å². The summed E-state index contributed by atoms with van der Waals surface area (Å²) in [5, 5.41) is 0. The van der Waals surface area contributed by atoms with E-state index in [4.69, 9.17) is 4.74 Å². The summed E-state index contributed by atoms with van der Waals surface area (Å²) < 4.78 is 6.16. The first-order valence-electron chi connectivity index (χ1n) is 12.6. The molecule has 0 unspecified atom stereocenters. The molecule has 0 aromatic heterocycles. The summed E-state index contributed by atoms with van der Waals surface area (Å²) in [7, 11) is 0. The number of allylic oxidation sites excluding steroid dienone is 1. The molecule has 4 aliphatic rings. The maximum Gasteiger partial charge on any atom is 0.306 e. The van der Waals surface area contributed by atoms with E-state index in [9.17, 15) is 14.4 Å². The van der Waals surface area contributed by atoms with Crippen molar-refractivity contribution in [3.8, 4) is 0 Å². The Bertz CT molecular complexity index is 797. The predicted molar refractivity (Wildman–Crippen MR) is 120 cm³/mol. The number of carbonyl (C=O) groups excluding carboxylic acids is 3. The number of esters is 1. The second kappa shape index (κ2) is 8.15. The number of hydrogen-bond donors (Lipinski definition) is 0. The zero-order valence-corrected chi connectivity index (χ0v) is 19.9. The van der Waals surface area contributed by atoms with Crippen LogP contribution in [0.4, 0.5) is 0 Å². The van der Waals surface area contributed by atoms with E-state index in [1.165, 1.54) is 5.57 Å². The summed E-state index contributed by atoms with van der Waals surface area (Å²) in [5.74, 6) is 1.66. The molecule has 31 heavy (non-hydrogen) atoms. The van der Waals surface area contributed by atoms with Crippen molar-refractivity contribution in [2.75, 3.05) is 0 Å². The van der Waals surface area contributed by atoms with Crippen LogP contribution in [0.1, 0.15) is 105 Å². The highest BCUT2D eigenvalue weighted by atomic mass is 16.6. The Kier molecular flexibility index (Phi) is 5.98. The lowest BCUT2D eigenvalue weighted by Crippen LogP contribution is -2.58. The highest BCUT2D eigenvalue weighted by molar-refractivity contribution is 5.91. The Morgan fingerprint density at radius 2 is 1.77 bits per heavy atom. The first-order valence-corrected chi connectivity index (χ1v) is 12.6. The van der Waals surface area contributed by atoms with Gasteiger partial charge in [0.25, 0.3) is 0 Å². The van der Waals surface area contributed by atoms with E-state index < -0.39 is 5.60 Å². The Balaban J connectivity index is 1.59. The number of carbonyl (C=O) groups is 3. The zero-order valence-electron chi connectivity index (χ0n) is 19.9. The van der Waals surface area contributed by atoms with Crippen LogP contribution in [0, 0.1) is 28.6 Å². The molecular weight excluding hydrogens is 388 g/mol. The van der Waals surface area contributed by atoms with Gasteiger partial charge in [0.1, 0.15) is 0 Å². The molecule has 172 valence electrons. The first-order chi connectivity index (χ1) is 14.7. The molecule has 0 saturated heterocycles. The standard InChI is InChI=1S/C27H40O4/c1-5-6-7-8-24(30)31-27(18(2)28)16-13-23-21-10-9-19-17-20(29)11-14-25(19,3)22(21)12-15-26(23,27)4/h17,21-23H,5-16H2,1-4H3/t21-,22-,23+,25-,26-,27-/m0/s1. The van der Waals surface area contributed by atoms with E-state index >= 15 is 0 Å². The number of rotatable bonds is 6. The summed E-state index contributed by atoms with van der Waals surface area (Å²) in [6, 6.07) is 0. The van der Waals surface area contributed by atoms with Gasteiger partial charge in [0.15, 0.2) is 17.2 Å². The largest absolute Gasteiger partial charge is 0.450 e. The van der Waals surface area contributed by atoms with Crippen LogP contribution in [0.15, 0.2) is 11.6 Å². The molecule has 0 amide bonds. The van der Waals surface area contributed by atoms with Crippen molar-refractivity contribution in [2.24, 2.45) is 28.6 Å². The third-order valence-corrected chi connectivity index (χ3v) is 9.92. The van der Waals surface area contributed by atoms with Gasteiger partial charge in [0, 0.05) is 18.3 Å². The normalized spacial score (nSPS) is 41.6. The van der Waals surface area contributed by atoms with Crippen molar-refractivity contribution in [1.82, 2.24) is 0 Å². The molecule has 0 radical (unpaired) electrons. The van der Waals surface area contributed by atoms with Crippen LogP contribution in [-0.2, 0) is 19.1 Å². The number of ketones is 2. The Labute approximate surface area is 187 Å². The maximum absolute atomic E-state index is 13.1. The first kappa shape index (κ1) is 22.7. The minimum atomic E-state index is -0.953. The molecule has 4 rings (SSSR count). The topological polar surface area (TPSA) is 60.4 Å². The number of fused-ring (bicyclic) bond motifs is 5. The fourth-order valence-electron chi connectivity index (χ4n) is 8.14. The van der Waals surface area contributed by atoms with Gasteiger partial charge >= 0.3 is 5.97 Å². The molecule has 4 aliphatic carbocycles. The maximum atomic E-state index is 13.1. The molecule has 4 heteroatoms. The van der Waals surface area contributed by atoms with Gasteiger partial charge in [0.2, 0.25) is 0 Å². The third-order valence-electron chi connectivity index (χ3n) is 9.92. The van der Waals surface area contributed by atoms with Crippen molar-refractivity contribution in [3.63, 3.8) is 0 Å². The Morgan fingerprint density at radius 1 is 1.03 bits per heavy atom. The molecule has 0 aliphatic heterocycles. The molecule has 0 N–H and O–H groups in total. The molecule has 0 aromatic carbocycles. The third kappa shape index (κ3) is 3.43. The van der Waals surface area contributed by atoms with Crippen LogP contribution in [0.25, 0.3) is 0 Å². The minimum Gasteiger partial charge on any atom is -0.450 e. The van der Waals surface area contributed by atoms with Gasteiger partial charge in [-0.15, -0.1) is 0 Å². The van der Waals surface area contributed by atoms with E-state index in [-0.39, 0.29) is 28.4 Å². The molecule has 3 fully saturated rings. The van der Waals surface area contributed by atoms with Crippen LogP contribution in [0.5, 0.6) is 0 Å². The van der Waals surface area contributed by atoms with Crippen LogP contribution >= 0.6 is 0 Å². The van der Waals surface area contributed by atoms with Crippen molar-refractivity contribution in [1.29, 1.82) is 0 Å². The summed E-state index contributed by atoms with van der Waals surface area (Å²) in [6.45, 7) is 8.37. The quantitative estimate of drug-likeness (QED) is 0.386. The fourth-order valence-corrected chi connectivity index (χ4v) is 8.14. The summed E-state index contributed by atoms with van der Waals surface area (Å²) in [5.41, 5.74) is 0.261. The smallest absolute Gasteiger partial charge is 0.306 e. The monoisotopic (exact) mass is 428 g/mol. The number of Topliss-reactive ketones (excluding diaryl/α,β-unsaturated/α-hetero) is 1. The van der Waals surface area contributed by atoms with E-state index in [1.54, 1.807) is 6.92 Å². The summed E-state index contributed by atoms with van der Waals surface area (Å²) >= 11 is 0. The second-order valence-corrected chi connectivity index (χ2v) is 11.3. The Morgan fingerprint density at radius 3 is 2.48 bits per heavy atom. The molecule has 0 heterocycles. The van der Waals surface area contributed by atoms with Crippen LogP contribution in [0.3, 0.4) is 0 Å². The molecule has 4 nitrogen and oxygen atoms in total. The van der Waals surface area contributed by atoms with Crippen molar-refractivity contribution >= 4 is 17.5 Å². The highest BCUT2D eigenvalue weighted by Gasteiger charge is 2.67. The lowest BCUT2D eigenvalue weighted by molar-refractivity contribution is -0.189. The molecule has 0 aromatic rings. The van der Waals surface area contributed by atoms with E-state index in [0.717, 1.165) is 57.8 Å². The summed E-state index contributed by atoms with van der Waals surface area (Å²) in [4.78, 5) is 37.8. The lowest BCUT2D eigenvalue weighted by Gasteiger charge is -2.59. The molecule has 0 spiro atoms. The van der Waals surface area contributed by atoms with Crippen LogP contribution in [-0.4, -0.2) is 23.1 Å². The van der Waals surface area contributed by atoms with Crippen molar-refractivity contribution in [3.05, 3.63) is 11.6 Å². The van der Waals surface area contributed by atoms with E-state index in [0.29, 0.717) is 37.0 Å².